The van der Waals surface area contributed by atoms with Crippen LogP contribution in [0.5, 0.6) is 0 Å². The molecule has 0 bridgehead atoms. The van der Waals surface area contributed by atoms with Crippen molar-refractivity contribution in [2.24, 2.45) is 5.92 Å². The summed E-state index contributed by atoms with van der Waals surface area (Å²) in [6, 6.07) is 1.72. The summed E-state index contributed by atoms with van der Waals surface area (Å²) < 4.78 is 0. The van der Waals surface area contributed by atoms with E-state index in [1.807, 2.05) is 0 Å². The van der Waals surface area contributed by atoms with Crippen LogP contribution in [0.3, 0.4) is 0 Å². The molecule has 17 heavy (non-hydrogen) atoms. The van der Waals surface area contributed by atoms with Crippen molar-refractivity contribution in [2.75, 3.05) is 11.9 Å². The van der Waals surface area contributed by atoms with E-state index in [0.29, 0.717) is 11.4 Å². The summed E-state index contributed by atoms with van der Waals surface area (Å²) in [5.74, 6) is 0.495. The van der Waals surface area contributed by atoms with Crippen molar-refractivity contribution in [1.29, 1.82) is 0 Å². The van der Waals surface area contributed by atoms with Gasteiger partial charge in [-0.1, -0.05) is 12.8 Å². The summed E-state index contributed by atoms with van der Waals surface area (Å²) in [6.45, 7) is 2.59. The first-order valence-corrected chi connectivity index (χ1v) is 6.11. The van der Waals surface area contributed by atoms with Gasteiger partial charge in [-0.05, 0) is 37.3 Å². The predicted molar refractivity (Wildman–Crippen MR) is 66.4 cm³/mol. The minimum atomic E-state index is -0.916. The highest BCUT2D eigenvalue weighted by Gasteiger charge is 2.20. The van der Waals surface area contributed by atoms with Gasteiger partial charge in [0.2, 0.25) is 0 Å². The summed E-state index contributed by atoms with van der Waals surface area (Å²) in [5, 5.41) is 12.2. The second kappa shape index (κ2) is 5.17. The fraction of sp³-hybridized carbons (Fsp3) is 0.538. The molecule has 1 saturated carbocycles. The molecule has 0 saturated heterocycles. The topological polar surface area (TPSA) is 62.2 Å². The van der Waals surface area contributed by atoms with E-state index in [4.69, 9.17) is 5.11 Å². The number of hydrogen-bond donors (Lipinski definition) is 2. The van der Waals surface area contributed by atoms with E-state index in [1.54, 1.807) is 19.2 Å². The Hall–Kier alpha value is -1.58. The Balaban J connectivity index is 1.93. The van der Waals surface area contributed by atoms with Gasteiger partial charge in [-0.2, -0.15) is 0 Å². The molecular weight excluding hydrogens is 216 g/mol. The molecule has 0 radical (unpaired) electrons. The standard InChI is InChI=1S/C13H18N2O2/c1-9-6-8-15-12(11(9)13(16)17)14-7-2-3-10-4-5-10/h6,8,10H,2-5,7H2,1H3,(H,14,15)(H,16,17). The van der Waals surface area contributed by atoms with E-state index < -0.39 is 5.97 Å². The molecule has 1 aromatic heterocycles. The number of pyridine rings is 1. The van der Waals surface area contributed by atoms with Gasteiger partial charge in [0.05, 0.1) is 0 Å². The summed E-state index contributed by atoms with van der Waals surface area (Å²) in [7, 11) is 0. The second-order valence-corrected chi connectivity index (χ2v) is 4.67. The Kier molecular flexibility index (Phi) is 3.61. The van der Waals surface area contributed by atoms with E-state index in [0.717, 1.165) is 24.4 Å². The van der Waals surface area contributed by atoms with Gasteiger partial charge >= 0.3 is 5.97 Å². The molecule has 1 aliphatic rings. The number of nitrogens with zero attached hydrogens (tertiary/aromatic N) is 1. The number of carbonyl (C=O) groups is 1. The molecule has 0 amide bonds. The van der Waals surface area contributed by atoms with Gasteiger partial charge in [-0.25, -0.2) is 9.78 Å². The maximum Gasteiger partial charge on any atom is 0.339 e. The first-order chi connectivity index (χ1) is 8.18. The molecule has 0 unspecified atom stereocenters. The van der Waals surface area contributed by atoms with Gasteiger partial charge in [0.25, 0.3) is 0 Å². The average molecular weight is 234 g/mol. The van der Waals surface area contributed by atoms with Gasteiger partial charge in [-0.3, -0.25) is 0 Å². The maximum atomic E-state index is 11.1. The highest BCUT2D eigenvalue weighted by Crippen LogP contribution is 2.33. The van der Waals surface area contributed by atoms with Crippen LogP contribution in [0.1, 0.15) is 41.6 Å². The van der Waals surface area contributed by atoms with Crippen LogP contribution >= 0.6 is 0 Å². The number of carboxylic acid groups (broad SMARTS) is 1. The van der Waals surface area contributed by atoms with E-state index in [9.17, 15) is 4.79 Å². The summed E-state index contributed by atoms with van der Waals surface area (Å²) in [5.41, 5.74) is 1.04. The zero-order valence-corrected chi connectivity index (χ0v) is 10.1. The monoisotopic (exact) mass is 234 g/mol. The molecule has 0 atom stereocenters. The lowest BCUT2D eigenvalue weighted by molar-refractivity contribution is 0.0697. The molecule has 1 fully saturated rings. The molecule has 0 aliphatic heterocycles. The number of hydrogen-bond acceptors (Lipinski definition) is 3. The van der Waals surface area contributed by atoms with Crippen LogP contribution in [-0.2, 0) is 0 Å². The van der Waals surface area contributed by atoms with Crippen LogP contribution in [0.4, 0.5) is 5.82 Å². The number of aromatic carboxylic acids is 1. The Morgan fingerprint density at radius 1 is 1.59 bits per heavy atom. The van der Waals surface area contributed by atoms with Crippen molar-refractivity contribution in [3.8, 4) is 0 Å². The lowest BCUT2D eigenvalue weighted by Gasteiger charge is -2.09. The van der Waals surface area contributed by atoms with E-state index in [-0.39, 0.29) is 0 Å². The van der Waals surface area contributed by atoms with Gasteiger partial charge in [0, 0.05) is 12.7 Å². The molecule has 4 nitrogen and oxygen atoms in total. The number of nitrogens with one attached hydrogen (secondary N) is 1. The summed E-state index contributed by atoms with van der Waals surface area (Å²) >= 11 is 0. The van der Waals surface area contributed by atoms with Crippen LogP contribution < -0.4 is 5.32 Å². The Morgan fingerprint density at radius 2 is 2.35 bits per heavy atom. The normalized spacial score (nSPS) is 14.6. The van der Waals surface area contributed by atoms with E-state index in [2.05, 4.69) is 10.3 Å². The van der Waals surface area contributed by atoms with E-state index >= 15 is 0 Å². The van der Waals surface area contributed by atoms with Crippen LogP contribution in [0, 0.1) is 12.8 Å². The number of aromatic nitrogens is 1. The molecule has 0 spiro atoms. The molecule has 1 aliphatic carbocycles. The Morgan fingerprint density at radius 3 is 3.00 bits per heavy atom. The minimum absolute atomic E-state index is 0.291. The fourth-order valence-corrected chi connectivity index (χ4v) is 1.97. The molecule has 2 N–H and O–H groups in total. The zero-order valence-electron chi connectivity index (χ0n) is 10.1. The Bertz CT molecular complexity index is 414. The van der Waals surface area contributed by atoms with Gasteiger partial charge in [-0.15, -0.1) is 0 Å². The minimum Gasteiger partial charge on any atom is -0.478 e. The SMILES string of the molecule is Cc1ccnc(NCCCC2CC2)c1C(=O)O. The van der Waals surface area contributed by atoms with Crippen LogP contribution in [0.2, 0.25) is 0 Å². The van der Waals surface area contributed by atoms with Crippen molar-refractivity contribution in [3.05, 3.63) is 23.4 Å². The van der Waals surface area contributed by atoms with Crippen LogP contribution in [0.15, 0.2) is 12.3 Å². The molecule has 4 heteroatoms. The fourth-order valence-electron chi connectivity index (χ4n) is 1.97. The van der Waals surface area contributed by atoms with Gasteiger partial charge in [0.15, 0.2) is 0 Å². The largest absolute Gasteiger partial charge is 0.478 e. The number of anilines is 1. The average Bonchev–Trinajstić information content (AvgIpc) is 3.07. The van der Waals surface area contributed by atoms with Crippen molar-refractivity contribution in [2.45, 2.75) is 32.6 Å². The van der Waals surface area contributed by atoms with Crippen LogP contribution in [0.25, 0.3) is 0 Å². The van der Waals surface area contributed by atoms with E-state index in [1.165, 1.54) is 19.3 Å². The number of rotatable bonds is 6. The smallest absolute Gasteiger partial charge is 0.339 e. The predicted octanol–water partition coefficient (Wildman–Crippen LogP) is 2.69. The van der Waals surface area contributed by atoms with Crippen molar-refractivity contribution >= 4 is 11.8 Å². The van der Waals surface area contributed by atoms with Crippen molar-refractivity contribution in [3.63, 3.8) is 0 Å². The molecule has 92 valence electrons. The number of carboxylic acids is 1. The third kappa shape index (κ3) is 3.19. The summed E-state index contributed by atoms with van der Waals surface area (Å²) in [6.07, 6.45) is 6.69. The van der Waals surface area contributed by atoms with Gasteiger partial charge in [0.1, 0.15) is 11.4 Å². The third-order valence-corrected chi connectivity index (χ3v) is 3.15. The lowest BCUT2D eigenvalue weighted by atomic mass is 10.1. The zero-order chi connectivity index (χ0) is 12.3. The molecular formula is C13H18N2O2. The molecule has 1 aromatic rings. The first-order valence-electron chi connectivity index (χ1n) is 6.11. The van der Waals surface area contributed by atoms with Crippen LogP contribution in [-0.4, -0.2) is 22.6 Å². The van der Waals surface area contributed by atoms with Crippen molar-refractivity contribution in [1.82, 2.24) is 4.98 Å². The molecule has 1 heterocycles. The quantitative estimate of drug-likeness (QED) is 0.743. The highest BCUT2D eigenvalue weighted by molar-refractivity contribution is 5.94. The Labute approximate surface area is 101 Å². The summed E-state index contributed by atoms with van der Waals surface area (Å²) in [4.78, 5) is 15.2. The molecule has 2 rings (SSSR count). The first kappa shape index (κ1) is 11.9. The third-order valence-electron chi connectivity index (χ3n) is 3.15. The lowest BCUT2D eigenvalue weighted by Crippen LogP contribution is -2.11. The maximum absolute atomic E-state index is 11.1. The highest BCUT2D eigenvalue weighted by atomic mass is 16.4. The van der Waals surface area contributed by atoms with Crippen molar-refractivity contribution < 1.29 is 9.90 Å². The number of aryl methyl sites for hydroxylation is 1. The van der Waals surface area contributed by atoms with Gasteiger partial charge < -0.3 is 10.4 Å². The molecule has 0 aromatic carbocycles. The second-order valence-electron chi connectivity index (χ2n) is 4.67.